The van der Waals surface area contributed by atoms with E-state index in [0.29, 0.717) is 5.56 Å². The number of methoxy groups -OCH3 is 1. The fraction of sp³-hybridized carbons (Fsp3) is 0.261. The smallest absolute Gasteiger partial charge is 0.332 e. The molecule has 1 aliphatic heterocycles. The van der Waals surface area contributed by atoms with Gasteiger partial charge in [-0.15, -0.1) is 0 Å². The summed E-state index contributed by atoms with van der Waals surface area (Å²) in [6.45, 7) is 5.17. The third-order valence-electron chi connectivity index (χ3n) is 5.33. The molecule has 2 amide bonds. The number of nitrogens with zero attached hydrogens (tertiary/aromatic N) is 2. The van der Waals surface area contributed by atoms with Crippen LogP contribution in [0.2, 0.25) is 0 Å². The van der Waals surface area contributed by atoms with E-state index in [2.05, 4.69) is 11.9 Å². The molecule has 13 heteroatoms. The fourth-order valence-electron chi connectivity index (χ4n) is 3.67. The Morgan fingerprint density at radius 1 is 1.19 bits per heavy atom. The molecule has 3 rings (SSSR count). The van der Waals surface area contributed by atoms with Gasteiger partial charge in [0.15, 0.2) is 10.9 Å². The molecule has 0 bridgehead atoms. The molecule has 36 heavy (non-hydrogen) atoms. The number of amides is 2. The minimum atomic E-state index is -4.42. The van der Waals surface area contributed by atoms with Crippen molar-refractivity contribution < 1.29 is 32.5 Å². The van der Waals surface area contributed by atoms with E-state index in [1.807, 2.05) is 0 Å². The Morgan fingerprint density at radius 3 is 2.39 bits per heavy atom. The van der Waals surface area contributed by atoms with Gasteiger partial charge in [-0.2, -0.15) is 0 Å². The van der Waals surface area contributed by atoms with E-state index in [9.17, 15) is 32.9 Å². The van der Waals surface area contributed by atoms with Gasteiger partial charge in [0.1, 0.15) is 11.4 Å². The highest BCUT2D eigenvalue weighted by Crippen LogP contribution is 2.41. The lowest BCUT2D eigenvalue weighted by molar-refractivity contribution is -0.387. The number of likely N-dealkylation sites (tertiary alicyclic amines) is 1. The zero-order valence-corrected chi connectivity index (χ0v) is 21.0. The highest BCUT2D eigenvalue weighted by molar-refractivity contribution is 8.72. The Balaban J connectivity index is 1.95. The summed E-state index contributed by atoms with van der Waals surface area (Å²) in [5.41, 5.74) is 0.235. The average molecular weight is 534 g/mol. The lowest BCUT2D eigenvalue weighted by atomic mass is 9.99. The number of esters is 1. The molecule has 1 aliphatic rings. The normalized spacial score (nSPS) is 18.1. The second-order valence-corrected chi connectivity index (χ2v) is 11.8. The van der Waals surface area contributed by atoms with Crippen molar-refractivity contribution in [1.29, 1.82) is 0 Å². The molecule has 0 radical (unpaired) electrons. The molecule has 1 heterocycles. The Kier molecular flexibility index (Phi) is 8.15. The summed E-state index contributed by atoms with van der Waals surface area (Å²) in [5.74, 6) is -2.11. The van der Waals surface area contributed by atoms with Gasteiger partial charge in [-0.25, -0.2) is 13.2 Å². The SMILES string of the molecule is C=C(C)C(C(=O)OC)N1C(=O)C(NC(=O)Cc2ccccc2)C1SS(=O)(=O)c1ccccc1[N+](=O)[O-]. The van der Waals surface area contributed by atoms with Gasteiger partial charge in [0.05, 0.1) is 18.5 Å². The van der Waals surface area contributed by atoms with Crippen LogP contribution >= 0.6 is 10.8 Å². The Morgan fingerprint density at radius 2 is 1.81 bits per heavy atom. The van der Waals surface area contributed by atoms with E-state index >= 15 is 0 Å². The van der Waals surface area contributed by atoms with Crippen LogP contribution in [0, 0.1) is 10.1 Å². The maximum atomic E-state index is 13.2. The maximum absolute atomic E-state index is 13.2. The summed E-state index contributed by atoms with van der Waals surface area (Å²) in [6, 6.07) is 10.8. The van der Waals surface area contributed by atoms with Crippen LogP contribution in [-0.4, -0.2) is 60.6 Å². The first-order chi connectivity index (χ1) is 17.0. The molecule has 0 aromatic heterocycles. The molecule has 190 valence electrons. The molecule has 11 nitrogen and oxygen atoms in total. The first-order valence-corrected chi connectivity index (χ1v) is 13.4. The van der Waals surface area contributed by atoms with Crippen molar-refractivity contribution in [2.75, 3.05) is 7.11 Å². The molecule has 1 fully saturated rings. The largest absolute Gasteiger partial charge is 0.467 e. The van der Waals surface area contributed by atoms with Crippen LogP contribution in [-0.2, 0) is 34.4 Å². The van der Waals surface area contributed by atoms with Gasteiger partial charge in [0.2, 0.25) is 20.7 Å². The second kappa shape index (κ2) is 10.9. The summed E-state index contributed by atoms with van der Waals surface area (Å²) in [7, 11) is -3.09. The van der Waals surface area contributed by atoms with E-state index in [0.717, 1.165) is 24.1 Å². The van der Waals surface area contributed by atoms with Crippen LogP contribution in [0.25, 0.3) is 0 Å². The van der Waals surface area contributed by atoms with Gasteiger partial charge in [-0.1, -0.05) is 49.0 Å². The van der Waals surface area contributed by atoms with Gasteiger partial charge in [-0.3, -0.25) is 19.7 Å². The van der Waals surface area contributed by atoms with Gasteiger partial charge >= 0.3 is 5.97 Å². The Bertz CT molecular complexity index is 1310. The lowest BCUT2D eigenvalue weighted by Gasteiger charge is -2.49. The molecule has 3 unspecified atom stereocenters. The predicted octanol–water partition coefficient (Wildman–Crippen LogP) is 2.03. The summed E-state index contributed by atoms with van der Waals surface area (Å²) >= 11 is 0. The third kappa shape index (κ3) is 5.57. The zero-order valence-electron chi connectivity index (χ0n) is 19.3. The van der Waals surface area contributed by atoms with Crippen molar-refractivity contribution >= 4 is 43.1 Å². The maximum Gasteiger partial charge on any atom is 0.332 e. The van der Waals surface area contributed by atoms with Crippen LogP contribution in [0.5, 0.6) is 0 Å². The number of rotatable bonds is 10. The van der Waals surface area contributed by atoms with Crippen LogP contribution < -0.4 is 5.32 Å². The number of hydrogen-bond acceptors (Lipinski definition) is 9. The Labute approximate surface area is 211 Å². The number of carbonyl (C=O) groups excluding carboxylic acids is 3. The number of nitro benzene ring substituents is 1. The molecule has 1 N–H and O–H groups in total. The first kappa shape index (κ1) is 26.9. The zero-order chi connectivity index (χ0) is 26.6. The standard InChI is InChI=1S/C23H23N3O8S2/c1-14(2)20(23(29)34-3)25-21(28)19(24-18(27)13-15-9-5-4-6-10-15)22(25)35-36(32,33)17-12-8-7-11-16(17)26(30)31/h4-12,19-20,22H,1,13H2,2-3H3,(H,24,27). The second-order valence-electron chi connectivity index (χ2n) is 7.89. The van der Waals surface area contributed by atoms with E-state index in [4.69, 9.17) is 4.74 Å². The van der Waals surface area contributed by atoms with Crippen LogP contribution in [0.1, 0.15) is 12.5 Å². The monoisotopic (exact) mass is 533 g/mol. The molecular formula is C23H23N3O8S2. The minimum absolute atomic E-state index is 0.0696. The van der Waals surface area contributed by atoms with Crippen molar-refractivity contribution in [1.82, 2.24) is 10.2 Å². The first-order valence-electron chi connectivity index (χ1n) is 10.5. The predicted molar refractivity (Wildman–Crippen MR) is 131 cm³/mol. The number of nitro groups is 1. The van der Waals surface area contributed by atoms with E-state index in [1.165, 1.54) is 19.1 Å². The summed E-state index contributed by atoms with van der Waals surface area (Å²) < 4.78 is 31.2. The van der Waals surface area contributed by atoms with Crippen LogP contribution in [0.15, 0.2) is 71.6 Å². The molecule has 2 aromatic carbocycles. The highest BCUT2D eigenvalue weighted by Gasteiger charge is 2.56. The van der Waals surface area contributed by atoms with Crippen LogP contribution in [0.4, 0.5) is 5.69 Å². The van der Waals surface area contributed by atoms with E-state index in [-0.39, 0.29) is 22.8 Å². The lowest BCUT2D eigenvalue weighted by Crippen LogP contribution is -2.73. The average Bonchev–Trinajstić information content (AvgIpc) is 2.84. The third-order valence-corrected chi connectivity index (χ3v) is 9.05. The molecule has 0 spiro atoms. The topological polar surface area (TPSA) is 153 Å². The van der Waals surface area contributed by atoms with Gasteiger partial charge < -0.3 is 15.0 Å². The van der Waals surface area contributed by atoms with Crippen molar-refractivity contribution in [3.05, 3.63) is 82.4 Å². The number of nitrogens with one attached hydrogen (secondary N) is 1. The number of carbonyl (C=O) groups is 3. The molecule has 0 saturated carbocycles. The Hall–Kier alpha value is -3.71. The molecule has 3 atom stereocenters. The number of β-lactam (4-membered cyclic amide) rings is 1. The summed E-state index contributed by atoms with van der Waals surface area (Å²) in [5, 5.41) is 12.6. The molecular weight excluding hydrogens is 510 g/mol. The summed E-state index contributed by atoms with van der Waals surface area (Å²) in [6.07, 6.45) is -0.0696. The number of para-hydroxylation sites is 1. The van der Waals surface area contributed by atoms with E-state index < -0.39 is 59.6 Å². The fourth-order valence-corrected chi connectivity index (χ4v) is 7.41. The van der Waals surface area contributed by atoms with Crippen molar-refractivity contribution in [3.8, 4) is 0 Å². The highest BCUT2D eigenvalue weighted by atomic mass is 33.1. The van der Waals surface area contributed by atoms with Gasteiger partial charge in [0.25, 0.3) is 5.69 Å². The van der Waals surface area contributed by atoms with Gasteiger partial charge in [0, 0.05) is 16.9 Å². The quantitative estimate of drug-likeness (QED) is 0.121. The summed E-state index contributed by atoms with van der Waals surface area (Å²) in [4.78, 5) is 49.1. The molecule has 1 saturated heterocycles. The number of hydrogen-bond donors (Lipinski definition) is 1. The van der Waals surface area contributed by atoms with Gasteiger partial charge in [-0.05, 0) is 24.1 Å². The molecule has 0 aliphatic carbocycles. The van der Waals surface area contributed by atoms with Crippen LogP contribution in [0.3, 0.4) is 0 Å². The number of ether oxygens (including phenoxy) is 1. The molecule has 2 aromatic rings. The van der Waals surface area contributed by atoms with Crippen molar-refractivity contribution in [3.63, 3.8) is 0 Å². The number of benzene rings is 2. The van der Waals surface area contributed by atoms with Crippen molar-refractivity contribution in [2.24, 2.45) is 0 Å². The van der Waals surface area contributed by atoms with Crippen molar-refractivity contribution in [2.45, 2.75) is 35.7 Å². The minimum Gasteiger partial charge on any atom is -0.467 e. The van der Waals surface area contributed by atoms with E-state index in [1.54, 1.807) is 30.3 Å².